The predicted octanol–water partition coefficient (Wildman–Crippen LogP) is 4.24. The second kappa shape index (κ2) is 7.31. The van der Waals surface area contributed by atoms with Gasteiger partial charge in [-0.3, -0.25) is 10.1 Å². The summed E-state index contributed by atoms with van der Waals surface area (Å²) < 4.78 is 1.81. The summed E-state index contributed by atoms with van der Waals surface area (Å²) in [7, 11) is 0. The minimum Gasteiger partial charge on any atom is -0.324 e. The fraction of sp³-hybridized carbons (Fsp3) is 0.227. The van der Waals surface area contributed by atoms with Crippen LogP contribution in [0, 0.1) is 12.8 Å². The molecule has 0 unspecified atom stereocenters. The third-order valence-corrected chi connectivity index (χ3v) is 4.73. The van der Waals surface area contributed by atoms with Crippen molar-refractivity contribution in [1.29, 1.82) is 0 Å². The molecule has 0 radical (unpaired) electrons. The summed E-state index contributed by atoms with van der Waals surface area (Å²) in [6.45, 7) is 5.75. The molecular formula is C22H23N5O. The Labute approximate surface area is 164 Å². The molecule has 0 saturated heterocycles. The Morgan fingerprint density at radius 2 is 1.82 bits per heavy atom. The van der Waals surface area contributed by atoms with Crippen molar-refractivity contribution in [2.24, 2.45) is 5.92 Å². The molecule has 0 aliphatic carbocycles. The second-order valence-electron chi connectivity index (χ2n) is 7.27. The summed E-state index contributed by atoms with van der Waals surface area (Å²) in [5.74, 6) is 0.664. The van der Waals surface area contributed by atoms with Crippen molar-refractivity contribution in [3.05, 3.63) is 77.4 Å². The van der Waals surface area contributed by atoms with Crippen LogP contribution in [-0.4, -0.2) is 20.7 Å². The number of carbonyl (C=O) groups is 1. The number of allylic oxidation sites excluding steroid dienone is 1. The first-order valence-electron chi connectivity index (χ1n) is 9.39. The number of nitrogens with one attached hydrogen (secondary N) is 2. The molecule has 1 aliphatic rings. The van der Waals surface area contributed by atoms with E-state index in [9.17, 15) is 4.79 Å². The van der Waals surface area contributed by atoms with E-state index < -0.39 is 0 Å². The summed E-state index contributed by atoms with van der Waals surface area (Å²) in [6, 6.07) is 18.4. The Bertz CT molecular complexity index is 1020. The maximum absolute atomic E-state index is 12.1. The van der Waals surface area contributed by atoms with Crippen molar-refractivity contribution in [2.75, 3.05) is 10.6 Å². The minimum absolute atomic E-state index is 0.105. The molecule has 1 amide bonds. The highest BCUT2D eigenvalue weighted by atomic mass is 16.2. The molecule has 4 rings (SSSR count). The van der Waals surface area contributed by atoms with Gasteiger partial charge in [0.05, 0.1) is 0 Å². The Morgan fingerprint density at radius 3 is 2.50 bits per heavy atom. The maximum Gasteiger partial charge on any atom is 0.250 e. The number of benzene rings is 2. The van der Waals surface area contributed by atoms with Crippen molar-refractivity contribution in [3.8, 4) is 0 Å². The molecule has 0 bridgehead atoms. The lowest BCUT2D eigenvalue weighted by Crippen LogP contribution is -2.20. The Kier molecular flexibility index (Phi) is 4.69. The van der Waals surface area contributed by atoms with E-state index in [1.165, 1.54) is 5.56 Å². The smallest absolute Gasteiger partial charge is 0.250 e. The Morgan fingerprint density at radius 1 is 1.11 bits per heavy atom. The molecule has 6 heteroatoms. The normalized spacial score (nSPS) is 15.6. The minimum atomic E-state index is -0.139. The van der Waals surface area contributed by atoms with E-state index in [0.29, 0.717) is 11.9 Å². The number of amides is 1. The maximum atomic E-state index is 12.1. The molecule has 2 N–H and O–H groups in total. The molecule has 142 valence electrons. The van der Waals surface area contributed by atoms with Gasteiger partial charge in [0.2, 0.25) is 11.9 Å². The third-order valence-electron chi connectivity index (χ3n) is 4.73. The molecule has 3 aromatic rings. The van der Waals surface area contributed by atoms with Crippen molar-refractivity contribution in [2.45, 2.75) is 26.8 Å². The van der Waals surface area contributed by atoms with Gasteiger partial charge in [-0.25, -0.2) is 4.68 Å². The lowest BCUT2D eigenvalue weighted by atomic mass is 10.0. The van der Waals surface area contributed by atoms with Gasteiger partial charge in [0.1, 0.15) is 6.04 Å². The Balaban J connectivity index is 1.75. The molecule has 2 heterocycles. The van der Waals surface area contributed by atoms with Crippen LogP contribution in [0.2, 0.25) is 0 Å². The summed E-state index contributed by atoms with van der Waals surface area (Å²) in [4.78, 5) is 16.6. The van der Waals surface area contributed by atoms with E-state index in [4.69, 9.17) is 0 Å². The summed E-state index contributed by atoms with van der Waals surface area (Å²) >= 11 is 0. The number of hydrogen-bond donors (Lipinski definition) is 2. The summed E-state index contributed by atoms with van der Waals surface area (Å²) in [5, 5.41) is 10.7. The predicted molar refractivity (Wildman–Crippen MR) is 111 cm³/mol. The SMILES string of the molecule is Cc1ccc([C@@H]2C=C(c3ccccc3)Nc3nc(NC(=O)C(C)C)nn32)cc1. The summed E-state index contributed by atoms with van der Waals surface area (Å²) in [5.41, 5.74) is 4.34. The molecule has 0 spiro atoms. The number of aryl methyl sites for hydroxylation is 1. The molecule has 28 heavy (non-hydrogen) atoms. The van der Waals surface area contributed by atoms with Gasteiger partial charge in [0, 0.05) is 11.6 Å². The van der Waals surface area contributed by atoms with Crippen LogP contribution in [0.4, 0.5) is 11.9 Å². The lowest BCUT2D eigenvalue weighted by Gasteiger charge is -2.24. The third kappa shape index (κ3) is 3.53. The standard InChI is InChI=1S/C22H23N5O/c1-14(2)20(28)24-21-25-22-23-18(16-7-5-4-6-8-16)13-19(27(22)26-21)17-11-9-15(3)10-12-17/h4-14,19H,1-3H3,(H2,23,24,25,26,28)/t19-/m0/s1. The molecular weight excluding hydrogens is 350 g/mol. The largest absolute Gasteiger partial charge is 0.324 e. The van der Waals surface area contributed by atoms with Crippen LogP contribution in [0.15, 0.2) is 60.7 Å². The number of rotatable bonds is 4. The molecule has 1 atom stereocenters. The fourth-order valence-corrected chi connectivity index (χ4v) is 3.09. The van der Waals surface area contributed by atoms with Crippen LogP contribution in [-0.2, 0) is 4.79 Å². The van der Waals surface area contributed by atoms with Gasteiger partial charge >= 0.3 is 0 Å². The second-order valence-corrected chi connectivity index (χ2v) is 7.27. The summed E-state index contributed by atoms with van der Waals surface area (Å²) in [6.07, 6.45) is 2.13. The highest BCUT2D eigenvalue weighted by Crippen LogP contribution is 2.33. The molecule has 1 aliphatic heterocycles. The van der Waals surface area contributed by atoms with Gasteiger partial charge in [-0.1, -0.05) is 74.0 Å². The van der Waals surface area contributed by atoms with E-state index in [1.807, 2.05) is 36.7 Å². The first-order chi connectivity index (χ1) is 13.5. The zero-order valence-electron chi connectivity index (χ0n) is 16.2. The number of carbonyl (C=O) groups excluding carboxylic acids is 1. The fourth-order valence-electron chi connectivity index (χ4n) is 3.09. The van der Waals surface area contributed by atoms with E-state index in [1.54, 1.807) is 0 Å². The highest BCUT2D eigenvalue weighted by molar-refractivity contribution is 5.90. The van der Waals surface area contributed by atoms with Crippen LogP contribution in [0.5, 0.6) is 0 Å². The zero-order chi connectivity index (χ0) is 19.7. The molecule has 6 nitrogen and oxygen atoms in total. The van der Waals surface area contributed by atoms with Crippen LogP contribution in [0.3, 0.4) is 0 Å². The number of fused-ring (bicyclic) bond motifs is 1. The topological polar surface area (TPSA) is 71.8 Å². The monoisotopic (exact) mass is 373 g/mol. The molecule has 2 aromatic carbocycles. The molecule has 1 aromatic heterocycles. The van der Waals surface area contributed by atoms with Crippen molar-refractivity contribution in [1.82, 2.24) is 14.8 Å². The van der Waals surface area contributed by atoms with Crippen LogP contribution < -0.4 is 10.6 Å². The molecule has 0 fully saturated rings. The quantitative estimate of drug-likeness (QED) is 0.718. The van der Waals surface area contributed by atoms with Gasteiger partial charge in [0.25, 0.3) is 5.95 Å². The molecule has 0 saturated carbocycles. The Hall–Kier alpha value is -3.41. The van der Waals surface area contributed by atoms with Crippen LogP contribution in [0.1, 0.15) is 36.6 Å². The average molecular weight is 373 g/mol. The van der Waals surface area contributed by atoms with Gasteiger partial charge in [-0.15, -0.1) is 5.10 Å². The number of anilines is 2. The number of nitrogens with zero attached hydrogens (tertiary/aromatic N) is 3. The van der Waals surface area contributed by atoms with E-state index in [0.717, 1.165) is 16.8 Å². The van der Waals surface area contributed by atoms with Crippen molar-refractivity contribution < 1.29 is 4.79 Å². The first-order valence-corrected chi connectivity index (χ1v) is 9.39. The van der Waals surface area contributed by atoms with E-state index in [-0.39, 0.29) is 17.9 Å². The highest BCUT2D eigenvalue weighted by Gasteiger charge is 2.26. The van der Waals surface area contributed by atoms with Gasteiger partial charge in [0.15, 0.2) is 0 Å². The van der Waals surface area contributed by atoms with E-state index >= 15 is 0 Å². The zero-order valence-corrected chi connectivity index (χ0v) is 16.2. The van der Waals surface area contributed by atoms with Crippen molar-refractivity contribution >= 4 is 23.5 Å². The van der Waals surface area contributed by atoms with E-state index in [2.05, 4.69) is 70.1 Å². The van der Waals surface area contributed by atoms with Gasteiger partial charge in [-0.2, -0.15) is 4.98 Å². The first kappa shape index (κ1) is 18.0. The lowest BCUT2D eigenvalue weighted by molar-refractivity contribution is -0.118. The number of hydrogen-bond acceptors (Lipinski definition) is 4. The average Bonchev–Trinajstić information content (AvgIpc) is 3.11. The number of aromatic nitrogens is 3. The van der Waals surface area contributed by atoms with Crippen LogP contribution in [0.25, 0.3) is 5.70 Å². The van der Waals surface area contributed by atoms with Crippen LogP contribution >= 0.6 is 0 Å². The van der Waals surface area contributed by atoms with Gasteiger partial charge in [-0.05, 0) is 24.1 Å². The van der Waals surface area contributed by atoms with Crippen molar-refractivity contribution in [3.63, 3.8) is 0 Å². The van der Waals surface area contributed by atoms with Gasteiger partial charge < -0.3 is 5.32 Å².